The van der Waals surface area contributed by atoms with Gasteiger partial charge >= 0.3 is 0 Å². The van der Waals surface area contributed by atoms with Crippen LogP contribution in [-0.2, 0) is 6.42 Å². The van der Waals surface area contributed by atoms with E-state index in [-0.39, 0.29) is 5.82 Å². The van der Waals surface area contributed by atoms with Crippen LogP contribution in [-0.4, -0.2) is 36.7 Å². The first kappa shape index (κ1) is 17.4. The molecule has 0 fully saturated rings. The fourth-order valence-electron chi connectivity index (χ4n) is 2.24. The Hall–Kier alpha value is -1.98. The summed E-state index contributed by atoms with van der Waals surface area (Å²) in [5.41, 5.74) is 2.07. The lowest BCUT2D eigenvalue weighted by atomic mass is 10.1. The second-order valence-electron chi connectivity index (χ2n) is 5.65. The molecule has 3 nitrogen and oxygen atoms in total. The van der Waals surface area contributed by atoms with Crippen LogP contribution in [0.4, 0.5) is 10.1 Å². The molecule has 2 aromatic carbocycles. The average molecular weight is 331 g/mol. The first-order valence-corrected chi connectivity index (χ1v) is 7.96. The summed E-state index contributed by atoms with van der Waals surface area (Å²) in [5.74, 6) is -0.259. The molecule has 0 saturated heterocycles. The van der Waals surface area contributed by atoms with Gasteiger partial charge in [0.05, 0.1) is 0 Å². The minimum atomic E-state index is -0.259. The summed E-state index contributed by atoms with van der Waals surface area (Å²) in [5, 5.41) is 6.83. The van der Waals surface area contributed by atoms with Crippen LogP contribution in [0.15, 0.2) is 54.6 Å². The molecule has 2 N–H and O–H groups in total. The molecule has 0 bridgehead atoms. The molecule has 23 heavy (non-hydrogen) atoms. The molecule has 0 aliphatic heterocycles. The van der Waals surface area contributed by atoms with Gasteiger partial charge in [-0.3, -0.25) is 0 Å². The van der Waals surface area contributed by atoms with Crippen LogP contribution >= 0.6 is 12.2 Å². The molecule has 0 amide bonds. The van der Waals surface area contributed by atoms with Crippen LogP contribution in [0.2, 0.25) is 0 Å². The van der Waals surface area contributed by atoms with Gasteiger partial charge < -0.3 is 15.5 Å². The monoisotopic (exact) mass is 331 g/mol. The van der Waals surface area contributed by atoms with E-state index < -0.39 is 0 Å². The van der Waals surface area contributed by atoms with Gasteiger partial charge in [-0.15, -0.1) is 0 Å². The van der Waals surface area contributed by atoms with E-state index >= 15 is 0 Å². The highest BCUT2D eigenvalue weighted by Gasteiger charge is 2.12. The van der Waals surface area contributed by atoms with E-state index in [1.165, 1.54) is 17.7 Å². The maximum absolute atomic E-state index is 12.9. The van der Waals surface area contributed by atoms with E-state index in [9.17, 15) is 4.39 Å². The lowest BCUT2D eigenvalue weighted by Gasteiger charge is -2.25. The normalized spacial score (nSPS) is 12.0. The van der Waals surface area contributed by atoms with Gasteiger partial charge in [0.2, 0.25) is 0 Å². The molecule has 0 spiro atoms. The third-order valence-corrected chi connectivity index (χ3v) is 3.89. The van der Waals surface area contributed by atoms with Crippen molar-refractivity contribution in [3.63, 3.8) is 0 Å². The fraction of sp³-hybridized carbons (Fsp3) is 0.278. The quantitative estimate of drug-likeness (QED) is 0.795. The highest BCUT2D eigenvalue weighted by atomic mass is 32.1. The summed E-state index contributed by atoms with van der Waals surface area (Å²) in [6.45, 7) is 0.731. The summed E-state index contributed by atoms with van der Waals surface area (Å²) in [4.78, 5) is 2.18. The molecule has 0 heterocycles. The molecule has 0 saturated carbocycles. The van der Waals surface area contributed by atoms with Crippen molar-refractivity contribution in [1.29, 1.82) is 0 Å². The van der Waals surface area contributed by atoms with E-state index in [4.69, 9.17) is 12.2 Å². The zero-order valence-corrected chi connectivity index (χ0v) is 14.2. The Kier molecular flexibility index (Phi) is 6.50. The number of hydrogen-bond acceptors (Lipinski definition) is 2. The molecular weight excluding hydrogens is 309 g/mol. The van der Waals surface area contributed by atoms with Gasteiger partial charge in [-0.2, -0.15) is 0 Å². The first-order valence-electron chi connectivity index (χ1n) is 7.55. The van der Waals surface area contributed by atoms with Crippen molar-refractivity contribution in [2.45, 2.75) is 12.5 Å². The van der Waals surface area contributed by atoms with Crippen molar-refractivity contribution < 1.29 is 4.39 Å². The van der Waals surface area contributed by atoms with Crippen LogP contribution in [0.3, 0.4) is 0 Å². The van der Waals surface area contributed by atoms with E-state index in [0.717, 1.165) is 18.7 Å². The number of nitrogens with one attached hydrogen (secondary N) is 2. The number of halogens is 1. The Bertz CT molecular complexity index is 614. The van der Waals surface area contributed by atoms with Crippen LogP contribution in [0.25, 0.3) is 0 Å². The summed E-state index contributed by atoms with van der Waals surface area (Å²) in [6, 6.07) is 16.8. The molecule has 122 valence electrons. The fourth-order valence-corrected chi connectivity index (χ4v) is 2.44. The van der Waals surface area contributed by atoms with E-state index in [0.29, 0.717) is 11.2 Å². The van der Waals surface area contributed by atoms with Crippen LogP contribution in [0, 0.1) is 5.82 Å². The lowest BCUT2D eigenvalue weighted by molar-refractivity contribution is 0.291. The van der Waals surface area contributed by atoms with E-state index in [1.807, 2.05) is 6.07 Å². The largest absolute Gasteiger partial charge is 0.361 e. The van der Waals surface area contributed by atoms with Gasteiger partial charge in [-0.25, -0.2) is 4.39 Å². The molecule has 2 rings (SSSR count). The third-order valence-electron chi connectivity index (χ3n) is 3.64. The maximum Gasteiger partial charge on any atom is 0.170 e. The van der Waals surface area contributed by atoms with Crippen LogP contribution < -0.4 is 10.6 Å². The Morgan fingerprint density at radius 1 is 1.09 bits per heavy atom. The molecule has 2 aromatic rings. The summed E-state index contributed by atoms with van der Waals surface area (Å²) < 4.78 is 12.9. The average Bonchev–Trinajstić information content (AvgIpc) is 2.54. The lowest BCUT2D eigenvalue weighted by Crippen LogP contribution is -2.42. The van der Waals surface area contributed by atoms with E-state index in [1.54, 1.807) is 12.1 Å². The Balaban J connectivity index is 1.85. The standard InChI is InChI=1S/C18H22FN3S/c1-22(2)17(12-14-6-4-3-5-7-14)13-20-18(23)21-16-10-8-15(19)9-11-16/h3-11,17H,12-13H2,1-2H3,(H2,20,21,23)/t17-/m1/s1. The summed E-state index contributed by atoms with van der Waals surface area (Å²) in [7, 11) is 4.12. The molecule has 0 radical (unpaired) electrons. The Morgan fingerprint density at radius 3 is 2.35 bits per heavy atom. The molecule has 0 aromatic heterocycles. The van der Waals surface area contributed by atoms with Gasteiger partial charge in [0.1, 0.15) is 5.82 Å². The summed E-state index contributed by atoms with van der Waals surface area (Å²) in [6.07, 6.45) is 0.944. The SMILES string of the molecule is CN(C)[C@@H](CNC(=S)Nc1ccc(F)cc1)Cc1ccccc1. The van der Waals surface area contributed by atoms with Gasteiger partial charge in [0.25, 0.3) is 0 Å². The Labute approximate surface area is 142 Å². The summed E-state index contributed by atoms with van der Waals surface area (Å²) >= 11 is 5.30. The predicted molar refractivity (Wildman–Crippen MR) is 98.2 cm³/mol. The first-order chi connectivity index (χ1) is 11.0. The highest BCUT2D eigenvalue weighted by Crippen LogP contribution is 2.09. The van der Waals surface area contributed by atoms with Gasteiger partial charge in [0.15, 0.2) is 5.11 Å². The smallest absolute Gasteiger partial charge is 0.170 e. The molecule has 5 heteroatoms. The van der Waals surface area contributed by atoms with Crippen molar-refractivity contribution in [3.05, 3.63) is 66.0 Å². The van der Waals surface area contributed by atoms with Crippen molar-refractivity contribution in [1.82, 2.24) is 10.2 Å². The topological polar surface area (TPSA) is 27.3 Å². The number of thiocarbonyl (C=S) groups is 1. The highest BCUT2D eigenvalue weighted by molar-refractivity contribution is 7.80. The maximum atomic E-state index is 12.9. The van der Waals surface area contributed by atoms with Crippen molar-refractivity contribution in [3.8, 4) is 0 Å². The zero-order chi connectivity index (χ0) is 16.7. The van der Waals surface area contributed by atoms with Crippen molar-refractivity contribution >= 4 is 23.0 Å². The van der Waals surface area contributed by atoms with Crippen LogP contribution in [0.1, 0.15) is 5.56 Å². The van der Waals surface area contributed by atoms with E-state index in [2.05, 4.69) is 53.9 Å². The predicted octanol–water partition coefficient (Wildman–Crippen LogP) is 3.29. The minimum absolute atomic E-state index is 0.259. The van der Waals surface area contributed by atoms with Gasteiger partial charge in [0, 0.05) is 18.3 Å². The zero-order valence-electron chi connectivity index (χ0n) is 13.4. The third kappa shape index (κ3) is 5.96. The number of nitrogens with zero attached hydrogens (tertiary/aromatic N) is 1. The van der Waals surface area contributed by atoms with Gasteiger partial charge in [-0.1, -0.05) is 30.3 Å². The van der Waals surface area contributed by atoms with Crippen molar-refractivity contribution in [2.75, 3.05) is 26.0 Å². The molecule has 0 aliphatic rings. The molecule has 0 aliphatic carbocycles. The number of hydrogen-bond donors (Lipinski definition) is 2. The number of anilines is 1. The molecule has 1 atom stereocenters. The second-order valence-corrected chi connectivity index (χ2v) is 6.06. The second kappa shape index (κ2) is 8.60. The number of benzene rings is 2. The molecular formula is C18H22FN3S. The van der Waals surface area contributed by atoms with Crippen LogP contribution in [0.5, 0.6) is 0 Å². The Morgan fingerprint density at radius 2 is 1.74 bits per heavy atom. The van der Waals surface area contributed by atoms with Gasteiger partial charge in [-0.05, 0) is 62.6 Å². The number of rotatable bonds is 6. The number of likely N-dealkylation sites (N-methyl/N-ethyl adjacent to an activating group) is 1. The molecule has 0 unspecified atom stereocenters. The van der Waals surface area contributed by atoms with Crippen molar-refractivity contribution in [2.24, 2.45) is 0 Å². The minimum Gasteiger partial charge on any atom is -0.361 e.